The molecule has 0 radical (unpaired) electrons. The molecule has 30 heavy (non-hydrogen) atoms. The van der Waals surface area contributed by atoms with Gasteiger partial charge in [0.1, 0.15) is 0 Å². The minimum Gasteiger partial charge on any atom is -0.337 e. The van der Waals surface area contributed by atoms with Crippen molar-refractivity contribution in [3.63, 3.8) is 0 Å². The van der Waals surface area contributed by atoms with Gasteiger partial charge in [-0.15, -0.1) is 0 Å². The Morgan fingerprint density at radius 3 is 2.57 bits per heavy atom. The fraction of sp³-hybridized carbons (Fsp3) is 0.286. The molecule has 2 aromatic rings. The van der Waals surface area contributed by atoms with Gasteiger partial charge in [-0.2, -0.15) is 18.2 Å². The van der Waals surface area contributed by atoms with Crippen LogP contribution in [0.25, 0.3) is 5.57 Å². The zero-order valence-electron chi connectivity index (χ0n) is 16.9. The maximum atomic E-state index is 13.2. The number of urea groups is 1. The normalized spacial score (nSPS) is 13.0. The smallest absolute Gasteiger partial charge is 0.337 e. The van der Waals surface area contributed by atoms with Crippen molar-refractivity contribution in [2.75, 3.05) is 11.9 Å². The van der Waals surface area contributed by atoms with Crippen molar-refractivity contribution in [3.05, 3.63) is 71.9 Å². The fourth-order valence-corrected chi connectivity index (χ4v) is 2.49. The Morgan fingerprint density at radius 2 is 1.97 bits per heavy atom. The Bertz CT molecular complexity index is 931. The highest BCUT2D eigenvalue weighted by Crippen LogP contribution is 2.29. The van der Waals surface area contributed by atoms with Crippen LogP contribution in [0.15, 0.2) is 64.7 Å². The van der Waals surface area contributed by atoms with Crippen molar-refractivity contribution in [1.82, 2.24) is 15.5 Å². The van der Waals surface area contributed by atoms with Gasteiger partial charge in [-0.3, -0.25) is 4.90 Å². The predicted molar refractivity (Wildman–Crippen MR) is 109 cm³/mol. The number of allylic oxidation sites excluding steroid dienone is 6. The summed E-state index contributed by atoms with van der Waals surface area (Å²) in [6, 6.07) is 8.61. The number of nitrogens with zero attached hydrogens (tertiary/aromatic N) is 3. The summed E-state index contributed by atoms with van der Waals surface area (Å²) in [5.74, 6) is 0.0725. The van der Waals surface area contributed by atoms with Crippen LogP contribution in [0.4, 0.5) is 23.7 Å². The third-order valence-corrected chi connectivity index (χ3v) is 3.97. The summed E-state index contributed by atoms with van der Waals surface area (Å²) in [6.07, 6.45) is 0.840. The van der Waals surface area contributed by atoms with Crippen LogP contribution in [0.3, 0.4) is 0 Å². The first kappa shape index (κ1) is 22.9. The van der Waals surface area contributed by atoms with Gasteiger partial charge in [0.25, 0.3) is 0 Å². The van der Waals surface area contributed by atoms with Crippen molar-refractivity contribution in [3.8, 4) is 0 Å². The summed E-state index contributed by atoms with van der Waals surface area (Å²) in [5.41, 5.74) is 0.0569. The first-order valence-corrected chi connectivity index (χ1v) is 9.27. The molecule has 2 amide bonds. The monoisotopic (exact) mass is 420 g/mol. The summed E-state index contributed by atoms with van der Waals surface area (Å²) < 4.78 is 44.7. The third-order valence-electron chi connectivity index (χ3n) is 3.97. The van der Waals surface area contributed by atoms with E-state index in [4.69, 9.17) is 4.52 Å². The molecule has 0 fully saturated rings. The quantitative estimate of drug-likeness (QED) is 0.619. The third kappa shape index (κ3) is 6.33. The van der Waals surface area contributed by atoms with Gasteiger partial charge in [-0.1, -0.05) is 48.5 Å². The van der Waals surface area contributed by atoms with Crippen LogP contribution in [0, 0.1) is 0 Å². The molecule has 160 valence electrons. The van der Waals surface area contributed by atoms with Gasteiger partial charge in [0.15, 0.2) is 0 Å². The topological polar surface area (TPSA) is 71.3 Å². The lowest BCUT2D eigenvalue weighted by atomic mass is 10.1. The number of benzene rings is 1. The Kier molecular flexibility index (Phi) is 7.97. The highest BCUT2D eigenvalue weighted by molar-refractivity contribution is 5.91. The standard InChI is InChI=1S/C21H23F3N4O2/c1-4-9-15(13-16(10-5-2)21(22,23)24)19-26-18(30-27-19)14-25-20(29)28(3)17-11-7-6-8-12-17/h4,6-13H,5,14H2,1-3H3,(H,25,29)/b9-4-,15-13+,16-10-. The van der Waals surface area contributed by atoms with E-state index in [-0.39, 0.29) is 30.3 Å². The van der Waals surface area contributed by atoms with Crippen LogP contribution in [-0.4, -0.2) is 29.4 Å². The molecule has 1 N–H and O–H groups in total. The molecule has 0 aliphatic heterocycles. The van der Waals surface area contributed by atoms with E-state index in [1.54, 1.807) is 51.2 Å². The summed E-state index contributed by atoms with van der Waals surface area (Å²) >= 11 is 0. The molecule has 0 saturated heterocycles. The zero-order chi connectivity index (χ0) is 22.1. The molecule has 0 spiro atoms. The molecule has 1 aromatic carbocycles. The van der Waals surface area contributed by atoms with E-state index in [0.717, 1.165) is 12.2 Å². The van der Waals surface area contributed by atoms with E-state index in [2.05, 4.69) is 15.5 Å². The van der Waals surface area contributed by atoms with Crippen molar-refractivity contribution >= 4 is 17.3 Å². The number of anilines is 1. The highest BCUT2D eigenvalue weighted by atomic mass is 19.4. The summed E-state index contributed by atoms with van der Waals surface area (Å²) in [7, 11) is 1.61. The number of nitrogens with one attached hydrogen (secondary N) is 1. The van der Waals surface area contributed by atoms with Crippen LogP contribution in [0.2, 0.25) is 0 Å². The molecule has 0 bridgehead atoms. The Labute approximate surface area is 172 Å². The second-order valence-corrected chi connectivity index (χ2v) is 6.23. The molecule has 0 atom stereocenters. The van der Waals surface area contributed by atoms with Gasteiger partial charge in [0.2, 0.25) is 11.7 Å². The molecule has 1 heterocycles. The minimum atomic E-state index is -4.49. The summed E-state index contributed by atoms with van der Waals surface area (Å²) in [6.45, 7) is 3.23. The first-order valence-electron chi connectivity index (χ1n) is 9.27. The average molecular weight is 420 g/mol. The van der Waals surface area contributed by atoms with Gasteiger partial charge in [-0.05, 0) is 31.6 Å². The van der Waals surface area contributed by atoms with Crippen molar-refractivity contribution in [1.29, 1.82) is 0 Å². The average Bonchev–Trinajstić information content (AvgIpc) is 3.19. The van der Waals surface area contributed by atoms with E-state index < -0.39 is 17.8 Å². The minimum absolute atomic E-state index is 0.0000148. The van der Waals surface area contributed by atoms with Gasteiger partial charge >= 0.3 is 12.2 Å². The lowest BCUT2D eigenvalue weighted by molar-refractivity contribution is -0.0883. The number of aromatic nitrogens is 2. The first-order chi connectivity index (χ1) is 14.3. The summed E-state index contributed by atoms with van der Waals surface area (Å²) in [5, 5.41) is 6.37. The van der Waals surface area contributed by atoms with Crippen LogP contribution < -0.4 is 10.2 Å². The summed E-state index contributed by atoms with van der Waals surface area (Å²) in [4.78, 5) is 17.8. The largest absolute Gasteiger partial charge is 0.416 e. The lowest BCUT2D eigenvalue weighted by Gasteiger charge is -2.17. The number of halogens is 3. The van der Waals surface area contributed by atoms with Gasteiger partial charge in [0, 0.05) is 18.3 Å². The van der Waals surface area contributed by atoms with Gasteiger partial charge in [-0.25, -0.2) is 4.79 Å². The van der Waals surface area contributed by atoms with Crippen molar-refractivity contribution in [2.24, 2.45) is 0 Å². The number of carbonyl (C=O) groups excluding carboxylic acids is 1. The van der Waals surface area contributed by atoms with E-state index in [9.17, 15) is 18.0 Å². The number of hydrogen-bond donors (Lipinski definition) is 1. The van der Waals surface area contributed by atoms with Crippen LogP contribution >= 0.6 is 0 Å². The fourth-order valence-electron chi connectivity index (χ4n) is 2.49. The van der Waals surface area contributed by atoms with Crippen LogP contribution in [-0.2, 0) is 6.54 Å². The zero-order valence-corrected chi connectivity index (χ0v) is 16.9. The molecule has 2 rings (SSSR count). The Hall–Kier alpha value is -3.36. The molecule has 0 aliphatic rings. The van der Waals surface area contributed by atoms with Crippen molar-refractivity contribution < 1.29 is 22.5 Å². The van der Waals surface area contributed by atoms with Crippen LogP contribution in [0.5, 0.6) is 0 Å². The number of hydrogen-bond acceptors (Lipinski definition) is 4. The molecule has 0 aliphatic carbocycles. The molecule has 0 unspecified atom stereocenters. The molecule has 0 saturated carbocycles. The molecule has 9 heteroatoms. The lowest BCUT2D eigenvalue weighted by Crippen LogP contribution is -2.36. The Balaban J connectivity index is 2.14. The van der Waals surface area contributed by atoms with E-state index >= 15 is 0 Å². The maximum absolute atomic E-state index is 13.2. The number of rotatable bonds is 7. The van der Waals surface area contributed by atoms with E-state index in [1.807, 2.05) is 6.07 Å². The molecule has 1 aromatic heterocycles. The molecular weight excluding hydrogens is 397 g/mol. The second-order valence-electron chi connectivity index (χ2n) is 6.23. The SMILES string of the molecule is C\C=C/C(=C\C(=C\CC)C(F)(F)F)c1noc(CNC(=O)N(C)c2ccccc2)n1. The van der Waals surface area contributed by atoms with Crippen molar-refractivity contribution in [2.45, 2.75) is 33.0 Å². The van der Waals surface area contributed by atoms with E-state index in [0.29, 0.717) is 5.69 Å². The number of alkyl halides is 3. The molecular formula is C21H23F3N4O2. The highest BCUT2D eigenvalue weighted by Gasteiger charge is 2.32. The second kappa shape index (κ2) is 10.4. The molecule has 6 nitrogen and oxygen atoms in total. The van der Waals surface area contributed by atoms with Gasteiger partial charge < -0.3 is 9.84 Å². The van der Waals surface area contributed by atoms with Crippen LogP contribution in [0.1, 0.15) is 32.0 Å². The predicted octanol–water partition coefficient (Wildman–Crippen LogP) is 5.27. The number of carbonyl (C=O) groups is 1. The number of para-hydroxylation sites is 1. The van der Waals surface area contributed by atoms with E-state index in [1.165, 1.54) is 11.0 Å². The number of amides is 2. The Morgan fingerprint density at radius 1 is 1.27 bits per heavy atom. The van der Waals surface area contributed by atoms with Gasteiger partial charge in [0.05, 0.1) is 12.1 Å². The maximum Gasteiger partial charge on any atom is 0.416 e.